The molecule has 0 unspecified atom stereocenters. The van der Waals surface area contributed by atoms with Gasteiger partial charge in [-0.15, -0.1) is 0 Å². The number of hydrogen-bond donors (Lipinski definition) is 2. The molecule has 0 bridgehead atoms. The molecule has 0 spiro atoms. The normalized spacial score (nSPS) is 11.4. The summed E-state index contributed by atoms with van der Waals surface area (Å²) in [6, 6.07) is 1.32. The summed E-state index contributed by atoms with van der Waals surface area (Å²) in [6.07, 6.45) is 0. The third kappa shape index (κ3) is 4.93. The van der Waals surface area contributed by atoms with Crippen LogP contribution in [-0.2, 0) is 0 Å². The molecule has 0 saturated heterocycles. The van der Waals surface area contributed by atoms with Crippen molar-refractivity contribution in [1.29, 1.82) is 0 Å². The summed E-state index contributed by atoms with van der Waals surface area (Å²) < 4.78 is 61.7. The van der Waals surface area contributed by atoms with E-state index in [0.717, 1.165) is 0 Å². The summed E-state index contributed by atoms with van der Waals surface area (Å²) in [4.78, 5) is 11.4. The molecule has 0 aliphatic heterocycles. The quantitative estimate of drug-likeness (QED) is 0.510. The molecule has 0 saturated carbocycles. The van der Waals surface area contributed by atoms with Crippen LogP contribution in [-0.4, -0.2) is 23.7 Å². The summed E-state index contributed by atoms with van der Waals surface area (Å²) in [6.45, 7) is -0.334. The second kappa shape index (κ2) is 6.09. The number of nitrogens with two attached hydrogens (primary N) is 1. The number of hydrogen-bond acceptors (Lipinski definition) is 3. The smallest absolute Gasteiger partial charge is 0.396 e. The Hall–Kier alpha value is -1.51. The van der Waals surface area contributed by atoms with E-state index in [0.29, 0.717) is 12.1 Å². The number of amides is 1. The van der Waals surface area contributed by atoms with Gasteiger partial charge in [0.15, 0.2) is 5.82 Å². The van der Waals surface area contributed by atoms with E-state index in [9.17, 15) is 26.7 Å². The Balaban J connectivity index is 2.60. The lowest BCUT2D eigenvalue weighted by atomic mass is 10.1. The molecule has 1 aromatic carbocycles. The summed E-state index contributed by atoms with van der Waals surface area (Å²) in [7, 11) is 0. The van der Waals surface area contributed by atoms with Gasteiger partial charge in [-0.25, -0.2) is 8.78 Å². The number of halogens is 5. The van der Waals surface area contributed by atoms with Crippen molar-refractivity contribution in [3.8, 4) is 0 Å². The number of nitrogen functional groups attached to an aromatic ring is 1. The molecule has 0 aromatic heterocycles. The molecule has 1 amide bonds. The number of alkyl halides is 3. The number of nitrogens with one attached hydrogen (secondary N) is 1. The Morgan fingerprint density at radius 1 is 1.32 bits per heavy atom. The predicted octanol–water partition coefficient (Wildman–Crippen LogP) is 2.53. The van der Waals surface area contributed by atoms with Gasteiger partial charge in [0.1, 0.15) is 5.82 Å². The van der Waals surface area contributed by atoms with E-state index in [1.54, 1.807) is 0 Å². The third-order valence-corrected chi connectivity index (χ3v) is 2.70. The highest BCUT2D eigenvalue weighted by Gasteiger charge is 2.27. The zero-order valence-electron chi connectivity index (χ0n) is 9.35. The van der Waals surface area contributed by atoms with Gasteiger partial charge in [-0.3, -0.25) is 4.79 Å². The fraction of sp³-hybridized carbons (Fsp3) is 0.300. The van der Waals surface area contributed by atoms with Crippen LogP contribution in [0.15, 0.2) is 12.1 Å². The highest BCUT2D eigenvalue weighted by molar-refractivity contribution is 8.00. The maximum Gasteiger partial charge on any atom is 0.441 e. The number of anilines is 1. The largest absolute Gasteiger partial charge is 0.441 e. The fourth-order valence-corrected chi connectivity index (χ4v) is 1.64. The van der Waals surface area contributed by atoms with Gasteiger partial charge in [0.05, 0.1) is 11.3 Å². The molecule has 3 nitrogen and oxygen atoms in total. The summed E-state index contributed by atoms with van der Waals surface area (Å²) in [5.41, 5.74) is -0.471. The first-order valence-corrected chi connectivity index (χ1v) is 5.92. The van der Waals surface area contributed by atoms with Crippen LogP contribution in [0.25, 0.3) is 0 Å². The highest BCUT2D eigenvalue weighted by Crippen LogP contribution is 2.29. The van der Waals surface area contributed by atoms with Gasteiger partial charge in [0.2, 0.25) is 0 Å². The molecule has 19 heavy (non-hydrogen) atoms. The molecule has 0 heterocycles. The van der Waals surface area contributed by atoms with Crippen molar-refractivity contribution >= 4 is 23.4 Å². The van der Waals surface area contributed by atoms with Crippen LogP contribution < -0.4 is 11.1 Å². The van der Waals surface area contributed by atoms with Gasteiger partial charge < -0.3 is 11.1 Å². The minimum Gasteiger partial charge on any atom is -0.396 e. The Labute approximate surface area is 109 Å². The molecule has 0 atom stereocenters. The number of rotatable bonds is 4. The van der Waals surface area contributed by atoms with E-state index in [1.807, 2.05) is 5.32 Å². The van der Waals surface area contributed by atoms with E-state index >= 15 is 0 Å². The molecule has 0 fully saturated rings. The SMILES string of the molecule is Nc1cc(F)cc(C(=O)NCCSC(F)(F)F)c1F. The van der Waals surface area contributed by atoms with E-state index in [-0.39, 0.29) is 18.3 Å². The van der Waals surface area contributed by atoms with E-state index in [2.05, 4.69) is 0 Å². The van der Waals surface area contributed by atoms with Gasteiger partial charge in [-0.1, -0.05) is 0 Å². The van der Waals surface area contributed by atoms with Crippen molar-refractivity contribution in [2.75, 3.05) is 18.0 Å². The number of thioether (sulfide) groups is 1. The summed E-state index contributed by atoms with van der Waals surface area (Å²) in [5.74, 6) is -3.47. The maximum atomic E-state index is 13.4. The monoisotopic (exact) mass is 300 g/mol. The predicted molar refractivity (Wildman–Crippen MR) is 61.6 cm³/mol. The first-order chi connectivity index (χ1) is 8.70. The Kier molecular flexibility index (Phi) is 4.98. The molecular weight excluding hydrogens is 291 g/mol. The molecule has 3 N–H and O–H groups in total. The molecule has 0 aliphatic carbocycles. The Morgan fingerprint density at radius 2 is 1.95 bits per heavy atom. The van der Waals surface area contributed by atoms with E-state index in [4.69, 9.17) is 5.73 Å². The highest BCUT2D eigenvalue weighted by atomic mass is 32.2. The molecule has 106 valence electrons. The van der Waals surface area contributed by atoms with Crippen molar-refractivity contribution in [2.45, 2.75) is 5.51 Å². The lowest BCUT2D eigenvalue weighted by molar-refractivity contribution is -0.0327. The van der Waals surface area contributed by atoms with Gasteiger partial charge in [0, 0.05) is 12.3 Å². The lowest BCUT2D eigenvalue weighted by Gasteiger charge is -2.08. The van der Waals surface area contributed by atoms with Gasteiger partial charge in [-0.05, 0) is 23.9 Å². The standard InChI is InChI=1S/C10H9F5N2OS/c11-5-3-6(8(12)7(16)4-5)9(18)17-1-2-19-10(13,14)15/h3-4H,1-2,16H2,(H,17,18). The zero-order chi connectivity index (χ0) is 14.6. The number of benzene rings is 1. The number of carbonyl (C=O) groups is 1. The average molecular weight is 300 g/mol. The maximum absolute atomic E-state index is 13.4. The second-order valence-electron chi connectivity index (χ2n) is 3.41. The molecule has 0 radical (unpaired) electrons. The molecule has 0 aliphatic rings. The average Bonchev–Trinajstić information content (AvgIpc) is 2.27. The summed E-state index contributed by atoms with van der Waals surface area (Å²) in [5, 5.41) is 2.04. The van der Waals surface area contributed by atoms with Gasteiger partial charge in [0.25, 0.3) is 5.91 Å². The number of carbonyl (C=O) groups excluding carboxylic acids is 1. The first kappa shape index (κ1) is 15.5. The van der Waals surface area contributed by atoms with Crippen LogP contribution in [0.3, 0.4) is 0 Å². The molecular formula is C10H9F5N2OS. The topological polar surface area (TPSA) is 55.1 Å². The van der Waals surface area contributed by atoms with E-state index < -0.39 is 40.1 Å². The molecule has 9 heteroatoms. The Morgan fingerprint density at radius 3 is 2.53 bits per heavy atom. The van der Waals surface area contributed by atoms with Crippen LogP contribution in [0.2, 0.25) is 0 Å². The Bertz CT molecular complexity index is 478. The van der Waals surface area contributed by atoms with Crippen LogP contribution >= 0.6 is 11.8 Å². The van der Waals surface area contributed by atoms with Crippen LogP contribution in [0, 0.1) is 11.6 Å². The van der Waals surface area contributed by atoms with Crippen LogP contribution in [0.1, 0.15) is 10.4 Å². The van der Waals surface area contributed by atoms with Gasteiger partial charge in [-0.2, -0.15) is 13.2 Å². The fourth-order valence-electron chi connectivity index (χ4n) is 1.20. The van der Waals surface area contributed by atoms with Crippen molar-refractivity contribution in [1.82, 2.24) is 5.32 Å². The lowest BCUT2D eigenvalue weighted by Crippen LogP contribution is -2.27. The van der Waals surface area contributed by atoms with Gasteiger partial charge >= 0.3 is 5.51 Å². The van der Waals surface area contributed by atoms with Crippen LogP contribution in [0.4, 0.5) is 27.6 Å². The zero-order valence-corrected chi connectivity index (χ0v) is 10.2. The van der Waals surface area contributed by atoms with Crippen LogP contribution in [0.5, 0.6) is 0 Å². The van der Waals surface area contributed by atoms with Crippen molar-refractivity contribution in [3.63, 3.8) is 0 Å². The summed E-state index contributed by atoms with van der Waals surface area (Å²) >= 11 is -0.326. The van der Waals surface area contributed by atoms with Crippen molar-refractivity contribution < 1.29 is 26.7 Å². The van der Waals surface area contributed by atoms with E-state index in [1.165, 1.54) is 0 Å². The molecule has 1 aromatic rings. The minimum atomic E-state index is -4.40. The third-order valence-electron chi connectivity index (χ3n) is 1.96. The van der Waals surface area contributed by atoms with Crippen molar-refractivity contribution in [3.05, 3.63) is 29.3 Å². The van der Waals surface area contributed by atoms with Crippen molar-refractivity contribution in [2.24, 2.45) is 0 Å². The second-order valence-corrected chi connectivity index (χ2v) is 4.57. The minimum absolute atomic E-state index is 0.326. The molecule has 1 rings (SSSR count). The first-order valence-electron chi connectivity index (χ1n) is 4.94.